The predicted octanol–water partition coefficient (Wildman–Crippen LogP) is 0.431. The zero-order valence-electron chi connectivity index (χ0n) is 11.1. The summed E-state index contributed by atoms with van der Waals surface area (Å²) in [5.74, 6) is 0.883. The van der Waals surface area contributed by atoms with E-state index in [0.29, 0.717) is 24.3 Å². The minimum atomic E-state index is -0.251. The van der Waals surface area contributed by atoms with Gasteiger partial charge in [-0.05, 0) is 19.4 Å². The van der Waals surface area contributed by atoms with Gasteiger partial charge in [-0.15, -0.1) is 0 Å². The summed E-state index contributed by atoms with van der Waals surface area (Å²) in [6, 6.07) is 3.04. The van der Waals surface area contributed by atoms with E-state index in [4.69, 9.17) is 0 Å². The van der Waals surface area contributed by atoms with Gasteiger partial charge in [0.15, 0.2) is 0 Å². The van der Waals surface area contributed by atoms with Gasteiger partial charge in [-0.25, -0.2) is 4.98 Å². The first kappa shape index (κ1) is 12.6. The average molecular weight is 273 g/mol. The number of nitrogens with zero attached hydrogens (tertiary/aromatic N) is 3. The van der Waals surface area contributed by atoms with Crippen molar-refractivity contribution in [2.75, 3.05) is 13.1 Å². The molecule has 1 saturated heterocycles. The second kappa shape index (κ2) is 4.92. The van der Waals surface area contributed by atoms with Gasteiger partial charge in [0, 0.05) is 36.3 Å². The second-order valence-corrected chi connectivity index (χ2v) is 5.02. The van der Waals surface area contributed by atoms with Gasteiger partial charge in [0.05, 0.1) is 0 Å². The maximum absolute atomic E-state index is 12.4. The summed E-state index contributed by atoms with van der Waals surface area (Å²) in [6.45, 7) is 3.02. The molecule has 0 aromatic carbocycles. The number of aryl methyl sites for hydroxylation is 1. The monoisotopic (exact) mass is 273 g/mol. The summed E-state index contributed by atoms with van der Waals surface area (Å²) in [7, 11) is 0. The Balaban J connectivity index is 1.77. The van der Waals surface area contributed by atoms with Crippen LogP contribution >= 0.6 is 0 Å². The third-order valence-corrected chi connectivity index (χ3v) is 3.52. The van der Waals surface area contributed by atoms with E-state index in [0.717, 1.165) is 12.2 Å². The molecule has 1 amide bonds. The van der Waals surface area contributed by atoms with Gasteiger partial charge in [0.2, 0.25) is 5.56 Å². The average Bonchev–Trinajstić information content (AvgIpc) is 3.07. The minimum absolute atomic E-state index is 0.110. The summed E-state index contributed by atoms with van der Waals surface area (Å²) in [5.41, 5.74) is 0.871. The van der Waals surface area contributed by atoms with E-state index in [-0.39, 0.29) is 17.4 Å². The maximum atomic E-state index is 12.4. The molecule has 20 heavy (non-hydrogen) atoms. The van der Waals surface area contributed by atoms with Crippen molar-refractivity contribution in [1.82, 2.24) is 25.1 Å². The highest BCUT2D eigenvalue weighted by molar-refractivity contribution is 5.94. The number of carbonyl (C=O) groups is 1. The Morgan fingerprint density at radius 1 is 1.45 bits per heavy atom. The number of hydrogen-bond acceptors (Lipinski definition) is 4. The molecule has 0 saturated carbocycles. The fourth-order valence-electron chi connectivity index (χ4n) is 2.57. The Hall–Kier alpha value is -2.44. The molecule has 1 fully saturated rings. The van der Waals surface area contributed by atoms with Gasteiger partial charge in [0.1, 0.15) is 12.2 Å². The van der Waals surface area contributed by atoms with Gasteiger partial charge < -0.3 is 9.88 Å². The maximum Gasteiger partial charge on any atom is 0.254 e. The Kier molecular flexibility index (Phi) is 3.09. The largest absolute Gasteiger partial charge is 0.338 e. The van der Waals surface area contributed by atoms with Crippen molar-refractivity contribution >= 4 is 5.91 Å². The van der Waals surface area contributed by atoms with Crippen LogP contribution in [0.25, 0.3) is 0 Å². The Morgan fingerprint density at radius 3 is 3.00 bits per heavy atom. The number of aromatic nitrogens is 4. The van der Waals surface area contributed by atoms with E-state index in [1.54, 1.807) is 17.9 Å². The molecule has 2 aromatic heterocycles. The van der Waals surface area contributed by atoms with Crippen LogP contribution in [-0.2, 0) is 0 Å². The van der Waals surface area contributed by atoms with Gasteiger partial charge in [0.25, 0.3) is 5.91 Å². The first-order chi connectivity index (χ1) is 9.63. The number of aromatic amines is 2. The molecule has 0 aliphatic carbocycles. The van der Waals surface area contributed by atoms with Crippen molar-refractivity contribution in [3.8, 4) is 0 Å². The first-order valence-corrected chi connectivity index (χ1v) is 6.49. The van der Waals surface area contributed by atoms with Crippen LogP contribution in [0.1, 0.15) is 34.2 Å². The van der Waals surface area contributed by atoms with Crippen molar-refractivity contribution in [1.29, 1.82) is 0 Å². The zero-order chi connectivity index (χ0) is 14.1. The number of H-pyrrole nitrogens is 2. The molecule has 1 atom stereocenters. The molecule has 7 heteroatoms. The lowest BCUT2D eigenvalue weighted by atomic mass is 10.1. The van der Waals surface area contributed by atoms with E-state index in [1.165, 1.54) is 12.4 Å². The molecule has 0 radical (unpaired) electrons. The summed E-state index contributed by atoms with van der Waals surface area (Å²) in [4.78, 5) is 32.3. The smallest absolute Gasteiger partial charge is 0.254 e. The summed E-state index contributed by atoms with van der Waals surface area (Å²) >= 11 is 0. The topological polar surface area (TPSA) is 94.7 Å². The van der Waals surface area contributed by atoms with Crippen molar-refractivity contribution in [2.24, 2.45) is 0 Å². The van der Waals surface area contributed by atoms with Crippen LogP contribution in [0.5, 0.6) is 0 Å². The summed E-state index contributed by atoms with van der Waals surface area (Å²) in [5, 5.41) is 6.68. The number of nitrogens with one attached hydrogen (secondary N) is 2. The molecule has 1 aliphatic rings. The van der Waals surface area contributed by atoms with Crippen LogP contribution in [-0.4, -0.2) is 44.1 Å². The van der Waals surface area contributed by atoms with Crippen LogP contribution in [0, 0.1) is 6.92 Å². The Labute approximate surface area is 115 Å². The quantitative estimate of drug-likeness (QED) is 0.829. The standard InChI is InChI=1S/C13H15N5O2/c1-8-4-10(5-11(19)16-8)13(20)18-3-2-9(6-18)12-14-7-15-17-12/h4-5,7,9H,2-3,6H2,1H3,(H,16,19)(H,14,15,17). The molecular weight excluding hydrogens is 258 g/mol. The first-order valence-electron chi connectivity index (χ1n) is 6.49. The molecule has 0 spiro atoms. The van der Waals surface area contributed by atoms with Gasteiger partial charge >= 0.3 is 0 Å². The fraction of sp³-hybridized carbons (Fsp3) is 0.385. The summed E-state index contributed by atoms with van der Waals surface area (Å²) < 4.78 is 0. The minimum Gasteiger partial charge on any atom is -0.338 e. The van der Waals surface area contributed by atoms with Crippen LogP contribution in [0.3, 0.4) is 0 Å². The number of pyridine rings is 1. The number of carbonyl (C=O) groups excluding carboxylic acids is 1. The predicted molar refractivity (Wildman–Crippen MR) is 71.4 cm³/mol. The van der Waals surface area contributed by atoms with Gasteiger partial charge in [-0.3, -0.25) is 14.7 Å². The highest BCUT2D eigenvalue weighted by atomic mass is 16.2. The number of amides is 1. The Morgan fingerprint density at radius 2 is 2.30 bits per heavy atom. The van der Waals surface area contributed by atoms with Crippen molar-refractivity contribution in [2.45, 2.75) is 19.3 Å². The third kappa shape index (κ3) is 2.34. The van der Waals surface area contributed by atoms with E-state index >= 15 is 0 Å². The van der Waals surface area contributed by atoms with Crippen molar-refractivity contribution < 1.29 is 4.79 Å². The van der Waals surface area contributed by atoms with Crippen LogP contribution in [0.4, 0.5) is 0 Å². The lowest BCUT2D eigenvalue weighted by Crippen LogP contribution is -2.29. The molecule has 0 bridgehead atoms. The van der Waals surface area contributed by atoms with E-state index in [1.807, 2.05) is 0 Å². The molecule has 104 valence electrons. The molecule has 2 N–H and O–H groups in total. The number of hydrogen-bond donors (Lipinski definition) is 2. The Bertz CT molecular complexity index is 676. The summed E-state index contributed by atoms with van der Waals surface area (Å²) in [6.07, 6.45) is 2.32. The lowest BCUT2D eigenvalue weighted by Gasteiger charge is -2.16. The molecular formula is C13H15N5O2. The molecule has 2 aromatic rings. The fourth-order valence-corrected chi connectivity index (χ4v) is 2.57. The third-order valence-electron chi connectivity index (χ3n) is 3.52. The molecule has 3 rings (SSSR count). The van der Waals surface area contributed by atoms with Crippen LogP contribution in [0.2, 0.25) is 0 Å². The SMILES string of the molecule is Cc1cc(C(=O)N2CCC(c3ncn[nH]3)C2)cc(=O)[nH]1. The van der Waals surface area contributed by atoms with Gasteiger partial charge in [-0.1, -0.05) is 0 Å². The van der Waals surface area contributed by atoms with Gasteiger partial charge in [-0.2, -0.15) is 5.10 Å². The van der Waals surface area contributed by atoms with E-state index in [9.17, 15) is 9.59 Å². The second-order valence-electron chi connectivity index (χ2n) is 5.02. The van der Waals surface area contributed by atoms with E-state index in [2.05, 4.69) is 20.2 Å². The molecule has 1 unspecified atom stereocenters. The highest BCUT2D eigenvalue weighted by Crippen LogP contribution is 2.25. The highest BCUT2D eigenvalue weighted by Gasteiger charge is 2.29. The molecule has 3 heterocycles. The van der Waals surface area contributed by atoms with Crippen molar-refractivity contribution in [3.63, 3.8) is 0 Å². The van der Waals surface area contributed by atoms with E-state index < -0.39 is 0 Å². The number of rotatable bonds is 2. The van der Waals surface area contributed by atoms with Crippen LogP contribution in [0.15, 0.2) is 23.3 Å². The molecule has 7 nitrogen and oxygen atoms in total. The van der Waals surface area contributed by atoms with Crippen LogP contribution < -0.4 is 5.56 Å². The van der Waals surface area contributed by atoms with Crippen molar-refractivity contribution in [3.05, 3.63) is 45.9 Å². The number of likely N-dealkylation sites (tertiary alicyclic amines) is 1. The zero-order valence-corrected chi connectivity index (χ0v) is 11.1. The normalized spacial score (nSPS) is 18.4. The molecule has 1 aliphatic heterocycles. The lowest BCUT2D eigenvalue weighted by molar-refractivity contribution is 0.0790.